The van der Waals surface area contributed by atoms with Crippen molar-refractivity contribution in [3.63, 3.8) is 0 Å². The standard InChI is InChI=1S/C20H25N3O2/c1-2-25-20-18(9-6-12-21-20)19(24)22-17-10-13-23(14-11-17)15-16-7-4-3-5-8-16/h3-9,12,17H,2,10-11,13-15H2,1H3,(H,22,24). The summed E-state index contributed by atoms with van der Waals surface area (Å²) in [5.41, 5.74) is 1.85. The molecule has 1 fully saturated rings. The Morgan fingerprint density at radius 1 is 1.20 bits per heavy atom. The zero-order chi connectivity index (χ0) is 17.5. The Morgan fingerprint density at radius 3 is 2.68 bits per heavy atom. The summed E-state index contributed by atoms with van der Waals surface area (Å²) in [6.07, 6.45) is 3.56. The number of piperidine rings is 1. The van der Waals surface area contributed by atoms with Crippen LogP contribution < -0.4 is 10.1 Å². The van der Waals surface area contributed by atoms with Gasteiger partial charge < -0.3 is 10.1 Å². The van der Waals surface area contributed by atoms with Crippen molar-refractivity contribution < 1.29 is 9.53 Å². The third kappa shape index (κ3) is 4.79. The van der Waals surface area contributed by atoms with Gasteiger partial charge in [-0.3, -0.25) is 9.69 Å². The molecule has 1 aromatic carbocycles. The first-order chi connectivity index (χ1) is 12.3. The molecule has 1 saturated heterocycles. The van der Waals surface area contributed by atoms with Crippen LogP contribution in [-0.4, -0.2) is 41.5 Å². The van der Waals surface area contributed by atoms with Crippen LogP contribution in [0.3, 0.4) is 0 Å². The molecular formula is C20H25N3O2. The minimum absolute atomic E-state index is 0.0990. The van der Waals surface area contributed by atoms with Crippen LogP contribution in [0.1, 0.15) is 35.7 Å². The van der Waals surface area contributed by atoms with Crippen molar-refractivity contribution in [1.82, 2.24) is 15.2 Å². The number of amides is 1. The summed E-state index contributed by atoms with van der Waals surface area (Å²) in [5.74, 6) is 0.307. The molecular weight excluding hydrogens is 314 g/mol. The number of rotatable bonds is 6. The number of likely N-dealkylation sites (tertiary alicyclic amines) is 1. The fourth-order valence-corrected chi connectivity index (χ4v) is 3.16. The number of hydrogen-bond donors (Lipinski definition) is 1. The monoisotopic (exact) mass is 339 g/mol. The average molecular weight is 339 g/mol. The highest BCUT2D eigenvalue weighted by Gasteiger charge is 2.22. The molecule has 25 heavy (non-hydrogen) atoms. The minimum atomic E-state index is -0.0990. The van der Waals surface area contributed by atoms with Crippen molar-refractivity contribution >= 4 is 5.91 Å². The van der Waals surface area contributed by atoms with Gasteiger partial charge in [0.05, 0.1) is 6.61 Å². The van der Waals surface area contributed by atoms with E-state index in [4.69, 9.17) is 4.74 Å². The molecule has 2 aromatic rings. The number of pyridine rings is 1. The average Bonchev–Trinajstić information content (AvgIpc) is 2.65. The van der Waals surface area contributed by atoms with Crippen LogP contribution in [0.4, 0.5) is 0 Å². The Hall–Kier alpha value is -2.40. The molecule has 1 aliphatic rings. The van der Waals surface area contributed by atoms with Crippen LogP contribution >= 0.6 is 0 Å². The lowest BCUT2D eigenvalue weighted by Gasteiger charge is -2.32. The molecule has 5 heteroatoms. The highest BCUT2D eigenvalue weighted by Crippen LogP contribution is 2.17. The summed E-state index contributed by atoms with van der Waals surface area (Å²) in [5, 5.41) is 3.13. The van der Waals surface area contributed by atoms with E-state index < -0.39 is 0 Å². The Morgan fingerprint density at radius 2 is 1.96 bits per heavy atom. The van der Waals surface area contributed by atoms with Crippen LogP contribution in [0.15, 0.2) is 48.7 Å². The van der Waals surface area contributed by atoms with Crippen LogP contribution in [-0.2, 0) is 6.54 Å². The number of nitrogens with one attached hydrogen (secondary N) is 1. The largest absolute Gasteiger partial charge is 0.477 e. The second kappa shape index (κ2) is 8.62. The van der Waals surface area contributed by atoms with Gasteiger partial charge >= 0.3 is 0 Å². The predicted molar refractivity (Wildman–Crippen MR) is 97.6 cm³/mol. The van der Waals surface area contributed by atoms with E-state index >= 15 is 0 Å². The van der Waals surface area contributed by atoms with E-state index in [2.05, 4.69) is 39.5 Å². The fraction of sp³-hybridized carbons (Fsp3) is 0.400. The highest BCUT2D eigenvalue weighted by molar-refractivity contribution is 5.96. The number of hydrogen-bond acceptors (Lipinski definition) is 4. The molecule has 0 spiro atoms. The van der Waals surface area contributed by atoms with Crippen molar-refractivity contribution in [2.45, 2.75) is 32.4 Å². The molecule has 1 amide bonds. The van der Waals surface area contributed by atoms with Gasteiger partial charge in [0, 0.05) is 31.9 Å². The van der Waals surface area contributed by atoms with Gasteiger partial charge in [0.25, 0.3) is 5.91 Å². The SMILES string of the molecule is CCOc1ncccc1C(=O)NC1CCN(Cc2ccccc2)CC1. The van der Waals surface area contributed by atoms with Crippen LogP contribution in [0.2, 0.25) is 0 Å². The molecule has 0 atom stereocenters. The van der Waals surface area contributed by atoms with E-state index in [1.54, 1.807) is 18.3 Å². The molecule has 2 heterocycles. The quantitative estimate of drug-likeness (QED) is 0.879. The topological polar surface area (TPSA) is 54.5 Å². The number of carbonyl (C=O) groups is 1. The molecule has 3 rings (SSSR count). The third-order valence-corrected chi connectivity index (χ3v) is 4.47. The van der Waals surface area contributed by atoms with Crippen molar-refractivity contribution in [3.05, 3.63) is 59.8 Å². The van der Waals surface area contributed by atoms with Crippen LogP contribution in [0, 0.1) is 0 Å². The van der Waals surface area contributed by atoms with Gasteiger partial charge in [0.1, 0.15) is 5.56 Å². The highest BCUT2D eigenvalue weighted by atomic mass is 16.5. The fourth-order valence-electron chi connectivity index (χ4n) is 3.16. The van der Waals surface area contributed by atoms with Gasteiger partial charge in [-0.2, -0.15) is 0 Å². The maximum atomic E-state index is 12.5. The first-order valence-electron chi connectivity index (χ1n) is 8.91. The Kier molecular flexibility index (Phi) is 6.01. The summed E-state index contributed by atoms with van der Waals surface area (Å²) in [6, 6.07) is 14.2. The van der Waals surface area contributed by atoms with Crippen molar-refractivity contribution in [2.24, 2.45) is 0 Å². The minimum Gasteiger partial charge on any atom is -0.477 e. The van der Waals surface area contributed by atoms with Crippen molar-refractivity contribution in [2.75, 3.05) is 19.7 Å². The second-order valence-electron chi connectivity index (χ2n) is 6.30. The van der Waals surface area contributed by atoms with Gasteiger partial charge in [-0.1, -0.05) is 30.3 Å². The molecule has 1 N–H and O–H groups in total. The zero-order valence-electron chi connectivity index (χ0n) is 14.6. The second-order valence-corrected chi connectivity index (χ2v) is 6.30. The number of nitrogens with zero attached hydrogens (tertiary/aromatic N) is 2. The van der Waals surface area contributed by atoms with Crippen molar-refractivity contribution in [1.29, 1.82) is 0 Å². The van der Waals surface area contributed by atoms with Gasteiger partial charge in [-0.15, -0.1) is 0 Å². The predicted octanol–water partition coefficient (Wildman–Crippen LogP) is 2.87. The summed E-state index contributed by atoms with van der Waals surface area (Å²) in [6.45, 7) is 5.34. The van der Waals surface area contributed by atoms with E-state index in [-0.39, 0.29) is 11.9 Å². The number of ether oxygens (including phenoxy) is 1. The van der Waals surface area contributed by atoms with Gasteiger partial charge in [-0.25, -0.2) is 4.98 Å². The van der Waals surface area contributed by atoms with Crippen LogP contribution in [0.5, 0.6) is 5.88 Å². The van der Waals surface area contributed by atoms with Crippen LogP contribution in [0.25, 0.3) is 0 Å². The van der Waals surface area contributed by atoms with E-state index in [1.165, 1.54) is 5.56 Å². The molecule has 1 aliphatic heterocycles. The Bertz CT molecular complexity index is 682. The zero-order valence-corrected chi connectivity index (χ0v) is 14.6. The molecule has 0 radical (unpaired) electrons. The summed E-state index contributed by atoms with van der Waals surface area (Å²) < 4.78 is 5.45. The Labute approximate surface area is 149 Å². The van der Waals surface area contributed by atoms with Gasteiger partial charge in [0.2, 0.25) is 5.88 Å². The van der Waals surface area contributed by atoms with Gasteiger partial charge in [-0.05, 0) is 37.5 Å². The molecule has 0 bridgehead atoms. The normalized spacial score (nSPS) is 15.7. The first-order valence-corrected chi connectivity index (χ1v) is 8.91. The summed E-state index contributed by atoms with van der Waals surface area (Å²) >= 11 is 0. The van der Waals surface area contributed by atoms with E-state index in [9.17, 15) is 4.79 Å². The lowest BCUT2D eigenvalue weighted by molar-refractivity contribution is 0.0904. The maximum absolute atomic E-state index is 12.5. The molecule has 5 nitrogen and oxygen atoms in total. The lowest BCUT2D eigenvalue weighted by atomic mass is 10.0. The summed E-state index contributed by atoms with van der Waals surface area (Å²) in [4.78, 5) is 19.1. The van der Waals surface area contributed by atoms with Crippen molar-refractivity contribution in [3.8, 4) is 5.88 Å². The Balaban J connectivity index is 1.51. The maximum Gasteiger partial charge on any atom is 0.256 e. The lowest BCUT2D eigenvalue weighted by Crippen LogP contribution is -2.44. The smallest absolute Gasteiger partial charge is 0.256 e. The first kappa shape index (κ1) is 17.4. The number of benzene rings is 1. The third-order valence-electron chi connectivity index (χ3n) is 4.47. The molecule has 132 valence electrons. The van der Waals surface area contributed by atoms with E-state index in [1.807, 2.05) is 13.0 Å². The van der Waals surface area contributed by atoms with Gasteiger partial charge in [0.15, 0.2) is 0 Å². The number of carbonyl (C=O) groups excluding carboxylic acids is 1. The molecule has 1 aromatic heterocycles. The molecule has 0 unspecified atom stereocenters. The van der Waals surface area contributed by atoms with E-state index in [0.29, 0.717) is 18.1 Å². The molecule has 0 saturated carbocycles. The molecule has 0 aliphatic carbocycles. The summed E-state index contributed by atoms with van der Waals surface area (Å²) in [7, 11) is 0. The number of aromatic nitrogens is 1. The van der Waals surface area contributed by atoms with E-state index in [0.717, 1.165) is 32.5 Å².